The van der Waals surface area contributed by atoms with Crippen LogP contribution >= 0.6 is 0 Å². The first-order valence-corrected chi connectivity index (χ1v) is 43.6. The Morgan fingerprint density at radius 2 is 0.592 bits per heavy atom. The third-order valence-electron chi connectivity index (χ3n) is 14.4. The van der Waals surface area contributed by atoms with Crippen LogP contribution in [0.3, 0.4) is 0 Å². The summed E-state index contributed by atoms with van der Waals surface area (Å²) in [6.07, 6.45) is -0.230. The average Bonchev–Trinajstić information content (AvgIpc) is 3.86. The van der Waals surface area contributed by atoms with Gasteiger partial charge in [0, 0.05) is 31.1 Å². The normalized spacial score (nSPS) is 36.5. The van der Waals surface area contributed by atoms with E-state index in [1.165, 1.54) is 0 Å². The molecule has 7 fully saturated rings. The fraction of sp³-hybridized carbons (Fsp3) is 0.0769. The molecular weight excluding hydrogens is 1130 g/mol. The second kappa shape index (κ2) is 18.8. The Labute approximate surface area is 452 Å². The topological polar surface area (TPSA) is 129 Å². The molecule has 14 nitrogen and oxygen atoms in total. The molecule has 0 saturated carbocycles. The number of hydrogen-bond donors (Lipinski definition) is 0. The molecule has 7 aliphatic heterocycles. The third-order valence-corrected chi connectivity index (χ3v) is 57.0. The summed E-state index contributed by atoms with van der Waals surface area (Å²) in [6, 6.07) is 78.9. The van der Waals surface area contributed by atoms with Crippen molar-refractivity contribution in [2.24, 2.45) is 0 Å². The van der Waals surface area contributed by atoms with Crippen LogP contribution in [-0.4, -0.2) is 94.7 Å². The molecule has 24 heteroatoms. The molecule has 0 aromatic heterocycles. The van der Waals surface area contributed by atoms with Gasteiger partial charge in [0.15, 0.2) is 4.85 Å². The predicted molar refractivity (Wildman–Crippen MR) is 303 cm³/mol. The molecule has 0 radical (unpaired) electrons. The zero-order valence-corrected chi connectivity index (χ0v) is 51.5. The van der Waals surface area contributed by atoms with Crippen molar-refractivity contribution in [3.05, 3.63) is 248 Å². The Morgan fingerprint density at radius 3 is 1.01 bits per heavy atom. The number of hydrogen-bond acceptors (Lipinski definition) is 14. The third kappa shape index (κ3) is 7.61. The van der Waals surface area contributed by atoms with E-state index in [-0.39, 0.29) is 6.23 Å². The second-order valence-corrected chi connectivity index (χ2v) is 47.8. The molecule has 0 amide bonds. The van der Waals surface area contributed by atoms with Crippen LogP contribution in [-0.2, 0) is 63.1 Å². The molecule has 1 spiro atoms. The van der Waals surface area contributed by atoms with E-state index in [0.717, 1.165) is 0 Å². The second-order valence-electron chi connectivity index (χ2n) is 19.1. The molecule has 0 N–H and O–H groups in total. The minimum absolute atomic E-state index is 0.230. The first kappa shape index (κ1) is 49.6. The van der Waals surface area contributed by atoms with Crippen LogP contribution in [0.25, 0.3) is 0 Å². The fourth-order valence-electron chi connectivity index (χ4n) is 11.2. The standard InChI is InChI=1S/C52H50O14Si10/c1-67-55-71(46-31-15-5-16-32-46)53-43-69-52(44-27-11-3-12-28-44)54-72(59-69,47-33-17-6-18-34-47)56-68(2)58-74(49-37-21-8-22-38-49)64-75(60-69,50-39-23-9-24-40-50)63-73(57-67,48-35-19-7-20-36-48)65-76(66-74,51-41-25-10-26-42-51)62-70(52,61-71)45-29-13-4-14-30-45/h3-42,67-68H,43H2,1-2H3. The highest BCUT2D eigenvalue weighted by atomic mass is 28.6. The number of rotatable bonds is 8. The SMILES string of the molecule is C[SiH]1O[Si]2(c3ccccc3)O[Si]3(c4ccccc4)O[Si]4(c5ccccc5)O[SiH](C)O[Si]5(c6ccccc6)OC[Si]6(O[Si](c7ccccc7)(O1)OC6(c1ccccc1)[Si](c1ccccc1)(O5)O[Si](c1ccccc1)(O2)O4)O3. The summed E-state index contributed by atoms with van der Waals surface area (Å²) in [5.74, 6) is 0. The monoisotopic (exact) mass is 1180 g/mol. The summed E-state index contributed by atoms with van der Waals surface area (Å²) in [5.41, 5.74) is 0.645. The molecule has 76 heavy (non-hydrogen) atoms. The quantitative estimate of drug-likeness (QED) is 0.206. The lowest BCUT2D eigenvalue weighted by Gasteiger charge is -2.58. The van der Waals surface area contributed by atoms with E-state index >= 15 is 0 Å². The van der Waals surface area contributed by atoms with Gasteiger partial charge in [0.2, 0.25) is 0 Å². The van der Waals surface area contributed by atoms with Crippen molar-refractivity contribution >= 4 is 125 Å². The van der Waals surface area contributed by atoms with Crippen LogP contribution in [0.1, 0.15) is 5.56 Å². The highest BCUT2D eigenvalue weighted by molar-refractivity contribution is 7.14. The molecule has 7 aliphatic rings. The van der Waals surface area contributed by atoms with E-state index in [1.54, 1.807) is 0 Å². The Morgan fingerprint density at radius 1 is 0.303 bits per heavy atom. The highest BCUT2D eigenvalue weighted by Gasteiger charge is 2.92. The van der Waals surface area contributed by atoms with Crippen molar-refractivity contribution in [2.75, 3.05) is 6.23 Å². The van der Waals surface area contributed by atoms with E-state index in [9.17, 15) is 0 Å². The predicted octanol–water partition coefficient (Wildman–Crippen LogP) is 3.38. The first-order chi connectivity index (χ1) is 37.1. The van der Waals surface area contributed by atoms with Gasteiger partial charge in [0.05, 0.1) is 6.23 Å². The molecule has 7 heterocycles. The van der Waals surface area contributed by atoms with Crippen LogP contribution in [0.2, 0.25) is 13.1 Å². The number of benzene rings is 8. The molecule has 11 atom stereocenters. The maximum atomic E-state index is 8.83. The largest absolute Gasteiger partial charge is 0.519 e. The van der Waals surface area contributed by atoms with E-state index in [1.807, 2.05) is 256 Å². The van der Waals surface area contributed by atoms with Gasteiger partial charge in [-0.05, 0) is 23.8 Å². The molecular formula is C52H50O14Si10. The van der Waals surface area contributed by atoms with Gasteiger partial charge in [-0.1, -0.05) is 243 Å². The summed E-state index contributed by atoms with van der Waals surface area (Å²) in [7, 11) is -44.7. The van der Waals surface area contributed by atoms with Crippen molar-refractivity contribution in [1.82, 2.24) is 0 Å². The lowest BCUT2D eigenvalue weighted by molar-refractivity contribution is 0.0680. The summed E-state index contributed by atoms with van der Waals surface area (Å²) >= 11 is 0. The van der Waals surface area contributed by atoms with E-state index in [4.69, 9.17) is 58.2 Å². The number of fused-ring (bicyclic) bond motifs is 2. The van der Waals surface area contributed by atoms with Crippen molar-refractivity contribution in [2.45, 2.75) is 17.9 Å². The van der Waals surface area contributed by atoms with Crippen LogP contribution < -0.4 is 36.3 Å². The molecule has 382 valence electrons. The Bertz CT molecular complexity index is 3300. The zero-order chi connectivity index (χ0) is 51.2. The van der Waals surface area contributed by atoms with Crippen LogP contribution in [0, 0.1) is 0 Å². The molecule has 11 unspecified atom stereocenters. The first-order valence-electron chi connectivity index (χ1n) is 25.2. The Hall–Kier alpha value is -4.63. The van der Waals surface area contributed by atoms with Crippen LogP contribution in [0.15, 0.2) is 243 Å². The molecule has 8 aromatic carbocycles. The van der Waals surface area contributed by atoms with Crippen molar-refractivity contribution in [3.8, 4) is 0 Å². The fourth-order valence-corrected chi connectivity index (χ4v) is 68.0. The molecule has 8 bridgehead atoms. The van der Waals surface area contributed by atoms with Gasteiger partial charge in [0.25, 0.3) is 0 Å². The summed E-state index contributed by atoms with van der Waals surface area (Å²) in [4.78, 5) is -1.89. The Kier molecular flexibility index (Phi) is 12.3. The van der Waals surface area contributed by atoms with Crippen molar-refractivity contribution in [3.63, 3.8) is 0 Å². The van der Waals surface area contributed by atoms with Crippen molar-refractivity contribution < 1.29 is 58.2 Å². The van der Waals surface area contributed by atoms with Crippen LogP contribution in [0.4, 0.5) is 0 Å². The van der Waals surface area contributed by atoms with Gasteiger partial charge < -0.3 is 58.2 Å². The van der Waals surface area contributed by atoms with Crippen molar-refractivity contribution in [1.29, 1.82) is 0 Å². The lowest BCUT2D eigenvalue weighted by Crippen LogP contribution is -2.91. The van der Waals surface area contributed by atoms with Gasteiger partial charge in [-0.15, -0.1) is 0 Å². The highest BCUT2D eigenvalue weighted by Crippen LogP contribution is 2.59. The minimum atomic E-state index is -5.04. The average molecular weight is 1180 g/mol. The van der Waals surface area contributed by atoms with E-state index in [0.29, 0.717) is 41.9 Å². The molecule has 15 rings (SSSR count). The summed E-state index contributed by atoms with van der Waals surface area (Å²) in [5, 5.41) is 4.35. The molecule has 7 saturated heterocycles. The zero-order valence-electron chi connectivity index (χ0n) is 41.2. The summed E-state index contributed by atoms with van der Waals surface area (Å²) < 4.78 is 115. The summed E-state index contributed by atoms with van der Waals surface area (Å²) in [6.45, 7) is 3.93. The van der Waals surface area contributed by atoms with Gasteiger partial charge in [-0.3, -0.25) is 0 Å². The minimum Gasteiger partial charge on any atom is -0.393 e. The van der Waals surface area contributed by atoms with E-state index < -0.39 is 93.4 Å². The van der Waals surface area contributed by atoms with E-state index in [2.05, 4.69) is 0 Å². The lowest BCUT2D eigenvalue weighted by atomic mass is 10.2. The van der Waals surface area contributed by atoms with Gasteiger partial charge >= 0.3 is 88.5 Å². The maximum absolute atomic E-state index is 8.83. The van der Waals surface area contributed by atoms with Gasteiger partial charge in [-0.25, -0.2) is 0 Å². The maximum Gasteiger partial charge on any atom is 0.519 e. The molecule has 0 aliphatic carbocycles. The Balaban J connectivity index is 1.26. The van der Waals surface area contributed by atoms with Crippen LogP contribution in [0.5, 0.6) is 0 Å². The smallest absolute Gasteiger partial charge is 0.393 e. The molecule has 8 aromatic rings. The van der Waals surface area contributed by atoms with Gasteiger partial charge in [0.1, 0.15) is 0 Å². The van der Waals surface area contributed by atoms with Gasteiger partial charge in [-0.2, -0.15) is 0 Å².